The molecule has 4 heteroatoms. The van der Waals surface area contributed by atoms with Gasteiger partial charge in [0.1, 0.15) is 11.6 Å². The van der Waals surface area contributed by atoms with Crippen LogP contribution in [0.25, 0.3) is 0 Å². The molecule has 0 radical (unpaired) electrons. The van der Waals surface area contributed by atoms with Gasteiger partial charge in [0.25, 0.3) is 0 Å². The first-order valence-electron chi connectivity index (χ1n) is 7.31. The van der Waals surface area contributed by atoms with E-state index in [1.807, 2.05) is 24.3 Å². The van der Waals surface area contributed by atoms with E-state index in [0.717, 1.165) is 18.1 Å². The second-order valence-corrected chi connectivity index (χ2v) is 6.32. The maximum absolute atomic E-state index is 14.2. The van der Waals surface area contributed by atoms with E-state index >= 15 is 0 Å². The highest BCUT2D eigenvalue weighted by Gasteiger charge is 2.39. The molecule has 22 heavy (non-hydrogen) atoms. The summed E-state index contributed by atoms with van der Waals surface area (Å²) in [6.45, 7) is 0. The minimum atomic E-state index is -0.535. The van der Waals surface area contributed by atoms with Crippen LogP contribution < -0.4 is 5.32 Å². The summed E-state index contributed by atoms with van der Waals surface area (Å²) in [7, 11) is 0. The zero-order chi connectivity index (χ0) is 15.3. The molecule has 0 aromatic heterocycles. The number of hydrogen-bond donors (Lipinski definition) is 1. The lowest BCUT2D eigenvalue weighted by Crippen LogP contribution is -2.29. The molecule has 0 saturated heterocycles. The fraction of sp³-hybridized carbons (Fsp3) is 0.222. The summed E-state index contributed by atoms with van der Waals surface area (Å²) in [5.41, 5.74) is 2.19. The molecule has 3 atom stereocenters. The molecule has 4 rings (SSSR count). The fourth-order valence-corrected chi connectivity index (χ4v) is 3.75. The first-order valence-corrected chi connectivity index (χ1v) is 7.69. The van der Waals surface area contributed by atoms with Gasteiger partial charge in [-0.3, -0.25) is 0 Å². The number of benzene rings is 2. The third kappa shape index (κ3) is 2.12. The summed E-state index contributed by atoms with van der Waals surface area (Å²) in [5, 5.41) is 3.95. The lowest BCUT2D eigenvalue weighted by atomic mass is 9.77. The summed E-state index contributed by atoms with van der Waals surface area (Å²) in [4.78, 5) is 0. The Bertz CT molecular complexity index is 754. The van der Waals surface area contributed by atoms with Crippen molar-refractivity contribution in [2.75, 3.05) is 5.32 Å². The predicted octanol–water partition coefficient (Wildman–Crippen LogP) is 5.44. The molecular formula is C18H14ClF2N. The van der Waals surface area contributed by atoms with Crippen LogP contribution in [0.2, 0.25) is 5.02 Å². The maximum atomic E-state index is 14.2. The zero-order valence-corrected chi connectivity index (χ0v) is 12.4. The van der Waals surface area contributed by atoms with Crippen LogP contribution in [0.5, 0.6) is 0 Å². The average molecular weight is 318 g/mol. The number of nitrogens with one attached hydrogen (secondary N) is 1. The number of fused-ring (bicyclic) bond motifs is 3. The van der Waals surface area contributed by atoms with E-state index in [9.17, 15) is 8.78 Å². The number of anilines is 1. The highest BCUT2D eigenvalue weighted by molar-refractivity contribution is 6.30. The summed E-state index contributed by atoms with van der Waals surface area (Å²) in [6, 6.07) is 9.97. The topological polar surface area (TPSA) is 12.0 Å². The van der Waals surface area contributed by atoms with Gasteiger partial charge in [0, 0.05) is 17.0 Å². The van der Waals surface area contributed by atoms with Gasteiger partial charge in [-0.05, 0) is 41.7 Å². The first-order chi connectivity index (χ1) is 10.6. The summed E-state index contributed by atoms with van der Waals surface area (Å²) < 4.78 is 27.8. The van der Waals surface area contributed by atoms with Gasteiger partial charge in [-0.2, -0.15) is 0 Å². The Morgan fingerprint density at radius 1 is 1.09 bits per heavy atom. The first kappa shape index (κ1) is 13.8. The van der Waals surface area contributed by atoms with Crippen LogP contribution in [0.1, 0.15) is 29.5 Å². The molecular weight excluding hydrogens is 304 g/mol. The SMILES string of the molecule is Fc1cc(F)c2c(c1)[C@@H]1C=CC[C@@H]1[C@H](c1ccc(Cl)cc1)N2. The third-order valence-electron chi connectivity index (χ3n) is 4.61. The average Bonchev–Trinajstić information content (AvgIpc) is 2.97. The molecule has 0 amide bonds. The highest BCUT2D eigenvalue weighted by atomic mass is 35.5. The van der Waals surface area contributed by atoms with Crippen LogP contribution in [-0.4, -0.2) is 0 Å². The zero-order valence-electron chi connectivity index (χ0n) is 11.7. The number of hydrogen-bond acceptors (Lipinski definition) is 1. The number of halogens is 3. The molecule has 1 aliphatic heterocycles. The molecule has 1 N–H and O–H groups in total. The van der Waals surface area contributed by atoms with Crippen molar-refractivity contribution >= 4 is 17.3 Å². The Balaban J connectivity index is 1.82. The molecule has 1 heterocycles. The van der Waals surface area contributed by atoms with Crippen LogP contribution in [-0.2, 0) is 0 Å². The van der Waals surface area contributed by atoms with Crippen LogP contribution in [0, 0.1) is 17.6 Å². The van der Waals surface area contributed by atoms with E-state index < -0.39 is 11.6 Å². The Morgan fingerprint density at radius 3 is 2.64 bits per heavy atom. The van der Waals surface area contributed by atoms with Crippen molar-refractivity contribution in [2.24, 2.45) is 5.92 Å². The van der Waals surface area contributed by atoms with E-state index in [1.165, 1.54) is 6.07 Å². The number of rotatable bonds is 1. The fourth-order valence-electron chi connectivity index (χ4n) is 3.62. The van der Waals surface area contributed by atoms with Gasteiger partial charge < -0.3 is 5.32 Å². The van der Waals surface area contributed by atoms with Crippen molar-refractivity contribution in [3.05, 3.63) is 76.3 Å². The van der Waals surface area contributed by atoms with Crippen molar-refractivity contribution in [2.45, 2.75) is 18.4 Å². The minimum Gasteiger partial charge on any atom is -0.375 e. The molecule has 2 aromatic rings. The Labute approximate surface area is 132 Å². The molecule has 0 fully saturated rings. The molecule has 1 aliphatic carbocycles. The largest absolute Gasteiger partial charge is 0.375 e. The summed E-state index contributed by atoms with van der Waals surface area (Å²) >= 11 is 5.95. The second-order valence-electron chi connectivity index (χ2n) is 5.88. The molecule has 0 unspecified atom stereocenters. The predicted molar refractivity (Wildman–Crippen MR) is 84.2 cm³/mol. The van der Waals surface area contributed by atoms with E-state index in [4.69, 9.17) is 11.6 Å². The van der Waals surface area contributed by atoms with Crippen LogP contribution in [0.15, 0.2) is 48.6 Å². The molecule has 2 aromatic carbocycles. The summed E-state index contributed by atoms with van der Waals surface area (Å²) in [5.74, 6) is -0.758. The van der Waals surface area contributed by atoms with Crippen LogP contribution in [0.4, 0.5) is 14.5 Å². The maximum Gasteiger partial charge on any atom is 0.149 e. The Morgan fingerprint density at radius 2 is 1.86 bits per heavy atom. The molecule has 0 saturated carbocycles. The summed E-state index contributed by atoms with van der Waals surface area (Å²) in [6.07, 6.45) is 5.05. The van der Waals surface area contributed by atoms with Crippen molar-refractivity contribution < 1.29 is 8.78 Å². The van der Waals surface area contributed by atoms with Gasteiger partial charge in [0.05, 0.1) is 11.7 Å². The van der Waals surface area contributed by atoms with Crippen molar-refractivity contribution in [1.82, 2.24) is 0 Å². The molecule has 1 nitrogen and oxygen atoms in total. The second kappa shape index (κ2) is 5.10. The van der Waals surface area contributed by atoms with Gasteiger partial charge in [-0.1, -0.05) is 35.9 Å². The van der Waals surface area contributed by atoms with Crippen molar-refractivity contribution in [1.29, 1.82) is 0 Å². The van der Waals surface area contributed by atoms with Gasteiger partial charge in [0.2, 0.25) is 0 Å². The van der Waals surface area contributed by atoms with Crippen LogP contribution >= 0.6 is 11.6 Å². The Hall–Kier alpha value is -1.87. The van der Waals surface area contributed by atoms with E-state index in [1.54, 1.807) is 0 Å². The third-order valence-corrected chi connectivity index (χ3v) is 4.87. The molecule has 0 bridgehead atoms. The van der Waals surface area contributed by atoms with Gasteiger partial charge in [-0.15, -0.1) is 0 Å². The standard InChI is InChI=1S/C18H14ClF2N/c19-11-6-4-10(5-7-11)17-14-3-1-2-13(14)15-8-12(20)9-16(21)18(15)22-17/h1-2,4-9,13-14,17,22H,3H2/t13-,14+,17+/m1/s1. The normalized spacial score (nSPS) is 25.5. The lowest BCUT2D eigenvalue weighted by molar-refractivity contribution is 0.418. The van der Waals surface area contributed by atoms with E-state index in [2.05, 4.69) is 17.5 Å². The van der Waals surface area contributed by atoms with E-state index in [-0.39, 0.29) is 17.9 Å². The quantitative estimate of drug-likeness (QED) is 0.690. The van der Waals surface area contributed by atoms with Crippen LogP contribution in [0.3, 0.4) is 0 Å². The molecule has 0 spiro atoms. The van der Waals surface area contributed by atoms with Gasteiger partial charge >= 0.3 is 0 Å². The monoisotopic (exact) mass is 317 g/mol. The number of allylic oxidation sites excluding steroid dienone is 2. The minimum absolute atomic E-state index is 0.00951. The van der Waals surface area contributed by atoms with Crippen molar-refractivity contribution in [3.8, 4) is 0 Å². The molecule has 112 valence electrons. The Kier molecular flexibility index (Phi) is 3.19. The van der Waals surface area contributed by atoms with E-state index in [0.29, 0.717) is 16.3 Å². The lowest BCUT2D eigenvalue weighted by Gasteiger charge is -2.37. The molecule has 2 aliphatic rings. The smallest absolute Gasteiger partial charge is 0.149 e. The highest BCUT2D eigenvalue weighted by Crippen LogP contribution is 2.50. The van der Waals surface area contributed by atoms with Gasteiger partial charge in [0.15, 0.2) is 0 Å². The van der Waals surface area contributed by atoms with Crippen molar-refractivity contribution in [3.63, 3.8) is 0 Å². The van der Waals surface area contributed by atoms with Gasteiger partial charge in [-0.25, -0.2) is 8.78 Å².